The molecule has 3 unspecified atom stereocenters. The van der Waals surface area contributed by atoms with Gasteiger partial charge >= 0.3 is 6.61 Å². The first-order chi connectivity index (χ1) is 11.0. The quantitative estimate of drug-likeness (QED) is 0.925. The highest BCUT2D eigenvalue weighted by Crippen LogP contribution is 2.35. The molecule has 1 heterocycles. The molecule has 1 N–H and O–H groups in total. The fourth-order valence-electron chi connectivity index (χ4n) is 3.41. The van der Waals surface area contributed by atoms with Gasteiger partial charge in [-0.15, -0.1) is 0 Å². The molecular formula is C17H25F2NO3. The molecule has 0 radical (unpaired) electrons. The van der Waals surface area contributed by atoms with Gasteiger partial charge in [0.2, 0.25) is 0 Å². The number of rotatable bonds is 3. The number of para-hydroxylation sites is 2. The molecule has 0 bridgehead atoms. The third-order valence-electron chi connectivity index (χ3n) is 4.63. The van der Waals surface area contributed by atoms with Crippen LogP contribution in [0.4, 0.5) is 8.78 Å². The molecule has 1 aromatic carbocycles. The number of hydrogen-bond donors (Lipinski definition) is 1. The van der Waals surface area contributed by atoms with Crippen molar-refractivity contribution in [3.8, 4) is 11.5 Å². The third-order valence-corrected chi connectivity index (χ3v) is 4.63. The van der Waals surface area contributed by atoms with Crippen molar-refractivity contribution in [1.29, 1.82) is 0 Å². The molecule has 2 aliphatic rings. The summed E-state index contributed by atoms with van der Waals surface area (Å²) < 4.78 is 32.5. The zero-order valence-corrected chi connectivity index (χ0v) is 13.6. The van der Waals surface area contributed by atoms with Crippen molar-refractivity contribution in [3.63, 3.8) is 0 Å². The van der Waals surface area contributed by atoms with Crippen molar-refractivity contribution in [2.24, 2.45) is 5.92 Å². The molecule has 2 fully saturated rings. The van der Waals surface area contributed by atoms with E-state index in [9.17, 15) is 13.9 Å². The predicted octanol–water partition coefficient (Wildman–Crippen LogP) is 3.15. The van der Waals surface area contributed by atoms with Crippen molar-refractivity contribution in [3.05, 3.63) is 24.3 Å². The molecule has 4 nitrogen and oxygen atoms in total. The summed E-state index contributed by atoms with van der Waals surface area (Å²) in [6.07, 6.45) is 4.64. The van der Waals surface area contributed by atoms with Gasteiger partial charge in [-0.05, 0) is 57.3 Å². The van der Waals surface area contributed by atoms with Gasteiger partial charge in [0.05, 0.1) is 13.2 Å². The van der Waals surface area contributed by atoms with Gasteiger partial charge in [-0.25, -0.2) is 0 Å². The number of nitrogens with zero attached hydrogens (tertiary/aromatic N) is 1. The van der Waals surface area contributed by atoms with Crippen LogP contribution >= 0.6 is 0 Å². The summed E-state index contributed by atoms with van der Waals surface area (Å²) in [5.74, 6) is 1.25. The van der Waals surface area contributed by atoms with E-state index in [1.54, 1.807) is 18.2 Å². The molecule has 23 heavy (non-hydrogen) atoms. The van der Waals surface area contributed by atoms with Gasteiger partial charge in [0, 0.05) is 6.04 Å². The van der Waals surface area contributed by atoms with Crippen molar-refractivity contribution < 1.29 is 23.4 Å². The Morgan fingerprint density at radius 1 is 1.17 bits per heavy atom. The van der Waals surface area contributed by atoms with Crippen LogP contribution in [0.5, 0.6) is 11.5 Å². The summed E-state index contributed by atoms with van der Waals surface area (Å²) in [4.78, 5) is 2.41. The van der Waals surface area contributed by atoms with E-state index < -0.39 is 6.61 Å². The molecule has 1 aliphatic heterocycles. The molecule has 0 aromatic heterocycles. The van der Waals surface area contributed by atoms with E-state index in [1.165, 1.54) is 32.6 Å². The summed E-state index contributed by atoms with van der Waals surface area (Å²) in [5, 5.41) is 9.45. The minimum Gasteiger partial charge on any atom is -0.493 e. The second kappa shape index (κ2) is 8.45. The largest absolute Gasteiger partial charge is 0.493 e. The highest BCUT2D eigenvalue weighted by molar-refractivity contribution is 5.39. The van der Waals surface area contributed by atoms with Gasteiger partial charge in [0.1, 0.15) is 0 Å². The van der Waals surface area contributed by atoms with E-state index in [0.717, 1.165) is 18.8 Å². The van der Waals surface area contributed by atoms with Crippen molar-refractivity contribution in [1.82, 2.24) is 4.90 Å². The summed E-state index contributed by atoms with van der Waals surface area (Å²) in [6, 6.07) is 6.94. The molecule has 0 amide bonds. The first-order valence-electron chi connectivity index (χ1n) is 7.97. The van der Waals surface area contributed by atoms with E-state index in [2.05, 4.69) is 16.7 Å². The van der Waals surface area contributed by atoms with Crippen LogP contribution in [0.1, 0.15) is 25.7 Å². The molecule has 1 aromatic rings. The van der Waals surface area contributed by atoms with Crippen LogP contribution in [0.2, 0.25) is 0 Å². The number of aliphatic hydroxyl groups excluding tert-OH is 1. The van der Waals surface area contributed by atoms with E-state index in [0.29, 0.717) is 11.8 Å². The van der Waals surface area contributed by atoms with Crippen LogP contribution in [0.15, 0.2) is 24.3 Å². The standard InChI is InChI=1S/C9H17NO.C8H8F2O2/c1-10-5-4-7-2-3-8(11)6-9(7)10;1-11-6-4-2-3-5-7(6)12-8(9)10/h7-9,11H,2-6H2,1H3;2-5,8H,1H3. The van der Waals surface area contributed by atoms with Gasteiger partial charge in [0.25, 0.3) is 0 Å². The van der Waals surface area contributed by atoms with Crippen LogP contribution in [0.3, 0.4) is 0 Å². The van der Waals surface area contributed by atoms with E-state index in [1.807, 2.05) is 0 Å². The number of fused-ring (bicyclic) bond motifs is 1. The molecule has 6 heteroatoms. The second-order valence-electron chi connectivity index (χ2n) is 6.09. The molecule has 1 saturated heterocycles. The second-order valence-corrected chi connectivity index (χ2v) is 6.09. The lowest BCUT2D eigenvalue weighted by Gasteiger charge is -2.32. The van der Waals surface area contributed by atoms with Gasteiger partial charge in [-0.3, -0.25) is 0 Å². The lowest BCUT2D eigenvalue weighted by atomic mass is 9.84. The maximum atomic E-state index is 11.8. The lowest BCUT2D eigenvalue weighted by molar-refractivity contribution is -0.0512. The SMILES string of the molecule is CN1CCC2CCC(O)CC21.COc1ccccc1OC(F)F. The Balaban J connectivity index is 0.000000167. The minimum absolute atomic E-state index is 0.0169. The summed E-state index contributed by atoms with van der Waals surface area (Å²) in [7, 11) is 3.58. The molecule has 130 valence electrons. The Kier molecular flexibility index (Phi) is 6.59. The van der Waals surface area contributed by atoms with E-state index in [-0.39, 0.29) is 11.9 Å². The molecule has 3 rings (SSSR count). The molecule has 3 atom stereocenters. The third kappa shape index (κ3) is 5.04. The fourth-order valence-corrected chi connectivity index (χ4v) is 3.41. The fraction of sp³-hybridized carbons (Fsp3) is 0.647. The van der Waals surface area contributed by atoms with Crippen molar-refractivity contribution in [2.75, 3.05) is 20.7 Å². The Morgan fingerprint density at radius 2 is 1.87 bits per heavy atom. The Labute approximate surface area is 136 Å². The van der Waals surface area contributed by atoms with Gasteiger partial charge < -0.3 is 19.5 Å². The Bertz CT molecular complexity index is 487. The van der Waals surface area contributed by atoms with Crippen LogP contribution < -0.4 is 9.47 Å². The zero-order chi connectivity index (χ0) is 16.8. The van der Waals surface area contributed by atoms with E-state index >= 15 is 0 Å². The average Bonchev–Trinajstić information content (AvgIpc) is 2.89. The zero-order valence-electron chi connectivity index (χ0n) is 13.6. The molecule has 1 aliphatic carbocycles. The number of likely N-dealkylation sites (tertiary alicyclic amines) is 1. The van der Waals surface area contributed by atoms with Gasteiger partial charge in [-0.2, -0.15) is 8.78 Å². The van der Waals surface area contributed by atoms with Crippen LogP contribution in [0.25, 0.3) is 0 Å². The van der Waals surface area contributed by atoms with Gasteiger partial charge in [-0.1, -0.05) is 12.1 Å². The molecule has 1 saturated carbocycles. The number of benzene rings is 1. The number of alkyl halides is 2. The molecular weight excluding hydrogens is 304 g/mol. The van der Waals surface area contributed by atoms with E-state index in [4.69, 9.17) is 4.74 Å². The topological polar surface area (TPSA) is 41.9 Å². The first kappa shape index (κ1) is 17.9. The van der Waals surface area contributed by atoms with Crippen LogP contribution in [0, 0.1) is 5.92 Å². The number of methoxy groups -OCH3 is 1. The van der Waals surface area contributed by atoms with Crippen molar-refractivity contribution in [2.45, 2.75) is 44.4 Å². The van der Waals surface area contributed by atoms with Crippen molar-refractivity contribution >= 4 is 0 Å². The lowest BCUT2D eigenvalue weighted by Crippen LogP contribution is -2.36. The maximum absolute atomic E-state index is 11.8. The number of aliphatic hydroxyl groups is 1. The number of halogens is 2. The normalized spacial score (nSPS) is 27.1. The van der Waals surface area contributed by atoms with Crippen LogP contribution in [-0.4, -0.2) is 49.5 Å². The van der Waals surface area contributed by atoms with Gasteiger partial charge in [0.15, 0.2) is 11.5 Å². The average molecular weight is 329 g/mol. The van der Waals surface area contributed by atoms with Crippen LogP contribution in [-0.2, 0) is 0 Å². The number of hydrogen-bond acceptors (Lipinski definition) is 4. The highest BCUT2D eigenvalue weighted by atomic mass is 19.3. The number of ether oxygens (including phenoxy) is 2. The summed E-state index contributed by atoms with van der Waals surface area (Å²) in [5.41, 5.74) is 0. The monoisotopic (exact) mass is 329 g/mol. The maximum Gasteiger partial charge on any atom is 0.387 e. The smallest absolute Gasteiger partial charge is 0.387 e. The summed E-state index contributed by atoms with van der Waals surface area (Å²) in [6.45, 7) is -1.58. The highest BCUT2D eigenvalue weighted by Gasteiger charge is 2.36. The Morgan fingerprint density at radius 3 is 2.52 bits per heavy atom. The minimum atomic E-state index is -2.82. The Hall–Kier alpha value is -1.40. The first-order valence-corrected chi connectivity index (χ1v) is 7.97. The summed E-state index contributed by atoms with van der Waals surface area (Å²) >= 11 is 0. The predicted molar refractivity (Wildman–Crippen MR) is 84.0 cm³/mol. The molecule has 0 spiro atoms.